The van der Waals surface area contributed by atoms with Crippen molar-refractivity contribution in [3.63, 3.8) is 0 Å². The minimum atomic E-state index is -0.392. The summed E-state index contributed by atoms with van der Waals surface area (Å²) in [5, 5.41) is 6.61. The van der Waals surface area contributed by atoms with E-state index in [0.717, 1.165) is 5.56 Å². The molecule has 0 radical (unpaired) electrons. The van der Waals surface area contributed by atoms with E-state index in [0.29, 0.717) is 41.7 Å². The first kappa shape index (κ1) is 14.6. The number of hydrogen-bond donors (Lipinski definition) is 2. The Labute approximate surface area is 131 Å². The lowest BCUT2D eigenvalue weighted by atomic mass is 9.97. The summed E-state index contributed by atoms with van der Waals surface area (Å²) in [5.74, 6) is 0.0982. The second kappa shape index (κ2) is 5.83. The summed E-state index contributed by atoms with van der Waals surface area (Å²) < 4.78 is 5.59. The zero-order valence-corrected chi connectivity index (χ0v) is 12.6. The molecule has 0 aliphatic carbocycles. The molecule has 5 nitrogen and oxygen atoms in total. The van der Waals surface area contributed by atoms with Crippen molar-refractivity contribution < 1.29 is 14.3 Å². The molecule has 1 aromatic carbocycles. The fraction of sp³-hybridized carbons (Fsp3) is 0.429. The van der Waals surface area contributed by atoms with Crippen molar-refractivity contribution in [3.8, 4) is 5.75 Å². The summed E-state index contributed by atoms with van der Waals surface area (Å²) >= 11 is 12.2. The monoisotopic (exact) mass is 328 g/mol. The van der Waals surface area contributed by atoms with E-state index in [1.807, 2.05) is 0 Å². The SMILES string of the molecule is O=C1CCC(NC2CCOc3c(Cl)cc(Cl)cc32)C(=O)N1. The average molecular weight is 329 g/mol. The first-order valence-corrected chi connectivity index (χ1v) is 7.51. The zero-order valence-electron chi connectivity index (χ0n) is 11.1. The highest BCUT2D eigenvalue weighted by Gasteiger charge is 2.31. The Kier molecular flexibility index (Phi) is 4.06. The van der Waals surface area contributed by atoms with E-state index < -0.39 is 6.04 Å². The Morgan fingerprint density at radius 1 is 1.19 bits per heavy atom. The second-order valence-corrected chi connectivity index (χ2v) is 6.01. The Bertz CT molecular complexity index is 606. The van der Waals surface area contributed by atoms with Crippen LogP contribution in [0.25, 0.3) is 0 Å². The fourth-order valence-corrected chi connectivity index (χ4v) is 3.26. The van der Waals surface area contributed by atoms with Gasteiger partial charge >= 0.3 is 0 Å². The summed E-state index contributed by atoms with van der Waals surface area (Å²) in [5.41, 5.74) is 0.850. The maximum absolute atomic E-state index is 11.8. The van der Waals surface area contributed by atoms with E-state index in [4.69, 9.17) is 27.9 Å². The molecule has 0 spiro atoms. The number of imide groups is 1. The number of fused-ring (bicyclic) bond motifs is 1. The number of carbonyl (C=O) groups is 2. The number of rotatable bonds is 2. The molecule has 2 amide bonds. The first-order chi connectivity index (χ1) is 10.0. The molecule has 2 unspecified atom stereocenters. The van der Waals surface area contributed by atoms with Crippen molar-refractivity contribution in [2.24, 2.45) is 0 Å². The Morgan fingerprint density at radius 2 is 2.00 bits per heavy atom. The van der Waals surface area contributed by atoms with Crippen molar-refractivity contribution in [1.29, 1.82) is 0 Å². The van der Waals surface area contributed by atoms with Crippen molar-refractivity contribution in [2.45, 2.75) is 31.3 Å². The number of carbonyl (C=O) groups excluding carboxylic acids is 2. The highest BCUT2D eigenvalue weighted by molar-refractivity contribution is 6.35. The van der Waals surface area contributed by atoms with Gasteiger partial charge in [-0.05, 0) is 18.6 Å². The molecule has 21 heavy (non-hydrogen) atoms. The van der Waals surface area contributed by atoms with Crippen LogP contribution in [0, 0.1) is 0 Å². The normalized spacial score (nSPS) is 25.0. The van der Waals surface area contributed by atoms with Crippen molar-refractivity contribution in [3.05, 3.63) is 27.7 Å². The lowest BCUT2D eigenvalue weighted by Gasteiger charge is -2.32. The van der Waals surface area contributed by atoms with E-state index in [-0.39, 0.29) is 17.9 Å². The van der Waals surface area contributed by atoms with E-state index in [2.05, 4.69) is 10.6 Å². The highest BCUT2D eigenvalue weighted by Crippen LogP contribution is 2.40. The van der Waals surface area contributed by atoms with E-state index in [9.17, 15) is 9.59 Å². The summed E-state index contributed by atoms with van der Waals surface area (Å²) in [6, 6.07) is 2.97. The third-order valence-electron chi connectivity index (χ3n) is 3.71. The molecule has 0 bridgehead atoms. The molecule has 112 valence electrons. The first-order valence-electron chi connectivity index (χ1n) is 6.76. The van der Waals surface area contributed by atoms with Crippen molar-refractivity contribution in [1.82, 2.24) is 10.6 Å². The molecule has 2 aliphatic rings. The molecule has 1 fully saturated rings. The minimum absolute atomic E-state index is 0.0751. The van der Waals surface area contributed by atoms with Crippen LogP contribution >= 0.6 is 23.2 Å². The molecule has 2 atom stereocenters. The van der Waals surface area contributed by atoms with Gasteiger partial charge in [-0.3, -0.25) is 20.2 Å². The van der Waals surface area contributed by atoms with Crippen molar-refractivity contribution in [2.75, 3.05) is 6.61 Å². The number of benzene rings is 1. The number of halogens is 2. The average Bonchev–Trinajstić information content (AvgIpc) is 2.42. The number of piperidine rings is 1. The molecule has 7 heteroatoms. The Hall–Kier alpha value is -1.30. The van der Waals surface area contributed by atoms with Gasteiger partial charge in [0.15, 0.2) is 0 Å². The van der Waals surface area contributed by atoms with Gasteiger partial charge < -0.3 is 4.74 Å². The van der Waals surface area contributed by atoms with E-state index in [1.54, 1.807) is 12.1 Å². The number of hydrogen-bond acceptors (Lipinski definition) is 4. The van der Waals surface area contributed by atoms with Gasteiger partial charge in [0.1, 0.15) is 5.75 Å². The van der Waals surface area contributed by atoms with Crippen LogP contribution in [0.4, 0.5) is 0 Å². The van der Waals surface area contributed by atoms with Crippen LogP contribution in [-0.2, 0) is 9.59 Å². The van der Waals surface area contributed by atoms with Gasteiger partial charge in [-0.25, -0.2) is 0 Å². The summed E-state index contributed by atoms with van der Waals surface area (Å²) in [7, 11) is 0. The summed E-state index contributed by atoms with van der Waals surface area (Å²) in [4.78, 5) is 23.0. The van der Waals surface area contributed by atoms with Crippen LogP contribution < -0.4 is 15.4 Å². The minimum Gasteiger partial charge on any atom is -0.492 e. The molecule has 2 aliphatic heterocycles. The van der Waals surface area contributed by atoms with Crippen LogP contribution in [0.1, 0.15) is 30.9 Å². The van der Waals surface area contributed by atoms with Crippen LogP contribution in [0.2, 0.25) is 10.0 Å². The topological polar surface area (TPSA) is 67.4 Å². The van der Waals surface area contributed by atoms with Gasteiger partial charge in [-0.15, -0.1) is 0 Å². The molecule has 0 saturated carbocycles. The van der Waals surface area contributed by atoms with Gasteiger partial charge in [-0.1, -0.05) is 23.2 Å². The maximum Gasteiger partial charge on any atom is 0.243 e. The lowest BCUT2D eigenvalue weighted by Crippen LogP contribution is -2.51. The highest BCUT2D eigenvalue weighted by atomic mass is 35.5. The molecule has 1 aromatic rings. The van der Waals surface area contributed by atoms with Gasteiger partial charge in [0.05, 0.1) is 17.7 Å². The van der Waals surface area contributed by atoms with E-state index >= 15 is 0 Å². The zero-order chi connectivity index (χ0) is 15.0. The summed E-state index contributed by atoms with van der Waals surface area (Å²) in [6.45, 7) is 0.513. The Morgan fingerprint density at radius 3 is 2.76 bits per heavy atom. The molecular weight excluding hydrogens is 315 g/mol. The van der Waals surface area contributed by atoms with Gasteiger partial charge in [0.2, 0.25) is 11.8 Å². The molecular formula is C14H14Cl2N2O3. The number of amides is 2. The van der Waals surface area contributed by atoms with Gasteiger partial charge in [-0.2, -0.15) is 0 Å². The molecule has 2 N–H and O–H groups in total. The molecule has 0 aromatic heterocycles. The van der Waals surface area contributed by atoms with Gasteiger partial charge in [0.25, 0.3) is 0 Å². The van der Waals surface area contributed by atoms with Crippen molar-refractivity contribution >= 4 is 35.0 Å². The largest absolute Gasteiger partial charge is 0.492 e. The molecule has 2 heterocycles. The molecule has 3 rings (SSSR count). The predicted molar refractivity (Wildman–Crippen MR) is 78.6 cm³/mol. The lowest BCUT2D eigenvalue weighted by molar-refractivity contribution is -0.134. The number of ether oxygens (including phenoxy) is 1. The summed E-state index contributed by atoms with van der Waals surface area (Å²) in [6.07, 6.45) is 1.54. The second-order valence-electron chi connectivity index (χ2n) is 5.17. The van der Waals surface area contributed by atoms with Crippen LogP contribution in [-0.4, -0.2) is 24.5 Å². The van der Waals surface area contributed by atoms with E-state index in [1.165, 1.54) is 0 Å². The fourth-order valence-electron chi connectivity index (χ4n) is 2.69. The smallest absolute Gasteiger partial charge is 0.243 e. The quantitative estimate of drug-likeness (QED) is 0.817. The third-order valence-corrected chi connectivity index (χ3v) is 4.21. The maximum atomic E-state index is 11.8. The molecule has 1 saturated heterocycles. The number of nitrogens with one attached hydrogen (secondary N) is 2. The Balaban J connectivity index is 1.82. The van der Waals surface area contributed by atoms with Crippen LogP contribution in [0.5, 0.6) is 5.75 Å². The van der Waals surface area contributed by atoms with Crippen LogP contribution in [0.15, 0.2) is 12.1 Å². The predicted octanol–water partition coefficient (Wildman–Crippen LogP) is 2.21. The standard InChI is InChI=1S/C14H14Cl2N2O3/c15-7-5-8-10(3-4-21-13(8)9(16)6-7)17-11-1-2-12(19)18-14(11)20/h5-6,10-11,17H,1-4H2,(H,18,19,20). The van der Waals surface area contributed by atoms with Crippen LogP contribution in [0.3, 0.4) is 0 Å². The van der Waals surface area contributed by atoms with Gasteiger partial charge in [0, 0.05) is 29.5 Å². The third kappa shape index (κ3) is 3.00.